The maximum atomic E-state index is 13.7. The zero-order valence-corrected chi connectivity index (χ0v) is 13.1. The van der Waals surface area contributed by atoms with Gasteiger partial charge in [-0.3, -0.25) is 4.79 Å². The molecule has 8 heteroatoms. The van der Waals surface area contributed by atoms with Crippen LogP contribution in [0.3, 0.4) is 0 Å². The van der Waals surface area contributed by atoms with Crippen molar-refractivity contribution in [3.05, 3.63) is 34.6 Å². The number of hydrogen-bond donors (Lipinski definition) is 0. The summed E-state index contributed by atoms with van der Waals surface area (Å²) in [6.07, 6.45) is 1.65. The maximum Gasteiger partial charge on any atom is 0.256 e. The number of carbonyl (C=O) groups is 1. The topological polar surface area (TPSA) is 57.7 Å². The Morgan fingerprint density at radius 3 is 2.62 bits per heavy atom. The monoisotopic (exact) mass is 334 g/mol. The summed E-state index contributed by atoms with van der Waals surface area (Å²) in [7, 11) is -3.28. The van der Waals surface area contributed by atoms with Crippen LogP contribution in [-0.4, -0.2) is 56.0 Å². The van der Waals surface area contributed by atoms with Crippen molar-refractivity contribution in [2.45, 2.75) is 6.42 Å². The molecular weight excluding hydrogens is 319 g/mol. The lowest BCUT2D eigenvalue weighted by Gasteiger charge is -2.21. The van der Waals surface area contributed by atoms with E-state index in [9.17, 15) is 17.6 Å². The minimum atomic E-state index is -3.28. The molecule has 1 aromatic carbocycles. The van der Waals surface area contributed by atoms with Crippen molar-refractivity contribution in [1.29, 1.82) is 0 Å². The van der Waals surface area contributed by atoms with Gasteiger partial charge in [0.25, 0.3) is 5.91 Å². The molecule has 1 aromatic rings. The quantitative estimate of drug-likeness (QED) is 0.825. The zero-order chi connectivity index (χ0) is 15.6. The number of amides is 1. The SMILES string of the molecule is CS(=O)(=O)N1CCCN(C(=O)c2cc(Cl)ccc2F)CC1. The lowest BCUT2D eigenvalue weighted by molar-refractivity contribution is 0.0759. The summed E-state index contributed by atoms with van der Waals surface area (Å²) in [5.74, 6) is -1.10. The predicted octanol–water partition coefficient (Wildman–Crippen LogP) is 1.59. The Labute approximate surface area is 128 Å². The number of benzene rings is 1. The van der Waals surface area contributed by atoms with Crippen molar-refractivity contribution in [2.24, 2.45) is 0 Å². The third kappa shape index (κ3) is 3.93. The van der Waals surface area contributed by atoms with Crippen molar-refractivity contribution >= 4 is 27.5 Å². The molecule has 0 spiro atoms. The molecule has 0 radical (unpaired) electrons. The van der Waals surface area contributed by atoms with E-state index in [1.807, 2.05) is 0 Å². The van der Waals surface area contributed by atoms with E-state index in [-0.39, 0.29) is 23.7 Å². The number of carbonyl (C=O) groups excluding carboxylic acids is 1. The highest BCUT2D eigenvalue weighted by atomic mass is 35.5. The Morgan fingerprint density at radius 1 is 1.24 bits per heavy atom. The lowest BCUT2D eigenvalue weighted by Crippen LogP contribution is -2.37. The molecule has 116 valence electrons. The fourth-order valence-corrected chi connectivity index (χ4v) is 3.31. The molecule has 0 aromatic heterocycles. The summed E-state index contributed by atoms with van der Waals surface area (Å²) < 4.78 is 38.1. The van der Waals surface area contributed by atoms with Crippen LogP contribution >= 0.6 is 11.6 Å². The van der Waals surface area contributed by atoms with E-state index in [0.717, 1.165) is 12.3 Å². The summed E-state index contributed by atoms with van der Waals surface area (Å²) in [6.45, 7) is 1.20. The first-order valence-electron chi connectivity index (χ1n) is 6.48. The molecule has 1 aliphatic rings. The Kier molecular flexibility index (Phi) is 4.85. The molecule has 0 N–H and O–H groups in total. The van der Waals surface area contributed by atoms with Gasteiger partial charge in [0.2, 0.25) is 10.0 Å². The molecule has 1 heterocycles. The van der Waals surface area contributed by atoms with Gasteiger partial charge in [0.15, 0.2) is 0 Å². The molecule has 1 amide bonds. The van der Waals surface area contributed by atoms with E-state index >= 15 is 0 Å². The average molecular weight is 335 g/mol. The minimum absolute atomic E-state index is 0.0877. The molecule has 1 saturated heterocycles. The first-order valence-corrected chi connectivity index (χ1v) is 8.71. The van der Waals surface area contributed by atoms with E-state index < -0.39 is 21.7 Å². The van der Waals surface area contributed by atoms with Crippen LogP contribution in [0.25, 0.3) is 0 Å². The van der Waals surface area contributed by atoms with Gasteiger partial charge < -0.3 is 4.90 Å². The zero-order valence-electron chi connectivity index (χ0n) is 11.6. The Balaban J connectivity index is 2.15. The van der Waals surface area contributed by atoms with Gasteiger partial charge in [-0.1, -0.05) is 11.6 Å². The van der Waals surface area contributed by atoms with Gasteiger partial charge in [0.1, 0.15) is 5.82 Å². The van der Waals surface area contributed by atoms with Crippen LogP contribution in [0.1, 0.15) is 16.8 Å². The van der Waals surface area contributed by atoms with Crippen molar-refractivity contribution in [3.63, 3.8) is 0 Å². The molecule has 0 aliphatic carbocycles. The lowest BCUT2D eigenvalue weighted by atomic mass is 10.2. The molecular formula is C13H16ClFN2O3S. The number of halogens is 2. The number of hydrogen-bond acceptors (Lipinski definition) is 3. The third-order valence-electron chi connectivity index (χ3n) is 3.37. The first kappa shape index (κ1) is 16.2. The highest BCUT2D eigenvalue weighted by Gasteiger charge is 2.25. The highest BCUT2D eigenvalue weighted by molar-refractivity contribution is 7.88. The van der Waals surface area contributed by atoms with Crippen LogP contribution in [0.15, 0.2) is 18.2 Å². The van der Waals surface area contributed by atoms with Gasteiger partial charge in [0.05, 0.1) is 11.8 Å². The fourth-order valence-electron chi connectivity index (χ4n) is 2.26. The Hall–Kier alpha value is -1.18. The number of sulfonamides is 1. The molecule has 1 aliphatic heterocycles. The van der Waals surface area contributed by atoms with Crippen LogP contribution in [0.2, 0.25) is 5.02 Å². The highest BCUT2D eigenvalue weighted by Crippen LogP contribution is 2.18. The van der Waals surface area contributed by atoms with E-state index in [1.54, 1.807) is 0 Å². The normalized spacial score (nSPS) is 17.6. The largest absolute Gasteiger partial charge is 0.337 e. The van der Waals surface area contributed by atoms with Gasteiger partial charge >= 0.3 is 0 Å². The molecule has 0 atom stereocenters. The molecule has 0 bridgehead atoms. The predicted molar refractivity (Wildman–Crippen MR) is 78.3 cm³/mol. The second-order valence-electron chi connectivity index (χ2n) is 4.93. The van der Waals surface area contributed by atoms with Crippen molar-refractivity contribution in [2.75, 3.05) is 32.4 Å². The summed E-state index contributed by atoms with van der Waals surface area (Å²) >= 11 is 5.79. The van der Waals surface area contributed by atoms with Crippen molar-refractivity contribution in [1.82, 2.24) is 9.21 Å². The van der Waals surface area contributed by atoms with E-state index in [1.165, 1.54) is 21.3 Å². The number of nitrogens with zero attached hydrogens (tertiary/aromatic N) is 2. The fraction of sp³-hybridized carbons (Fsp3) is 0.462. The second kappa shape index (κ2) is 6.29. The van der Waals surface area contributed by atoms with Crippen LogP contribution in [0.5, 0.6) is 0 Å². The van der Waals surface area contributed by atoms with Gasteiger partial charge in [-0.05, 0) is 24.6 Å². The van der Waals surface area contributed by atoms with Gasteiger partial charge in [-0.15, -0.1) is 0 Å². The molecule has 2 rings (SSSR count). The first-order chi connectivity index (χ1) is 9.79. The van der Waals surface area contributed by atoms with Crippen LogP contribution in [0.4, 0.5) is 4.39 Å². The van der Waals surface area contributed by atoms with Gasteiger partial charge in [-0.25, -0.2) is 17.1 Å². The molecule has 21 heavy (non-hydrogen) atoms. The Bertz CT molecular complexity index is 651. The average Bonchev–Trinajstić information content (AvgIpc) is 2.66. The smallest absolute Gasteiger partial charge is 0.256 e. The van der Waals surface area contributed by atoms with Gasteiger partial charge in [0, 0.05) is 31.2 Å². The van der Waals surface area contributed by atoms with E-state index in [0.29, 0.717) is 19.5 Å². The van der Waals surface area contributed by atoms with Gasteiger partial charge in [-0.2, -0.15) is 0 Å². The van der Waals surface area contributed by atoms with E-state index in [2.05, 4.69) is 0 Å². The van der Waals surface area contributed by atoms with Crippen LogP contribution in [0, 0.1) is 5.82 Å². The minimum Gasteiger partial charge on any atom is -0.337 e. The third-order valence-corrected chi connectivity index (χ3v) is 4.91. The second-order valence-corrected chi connectivity index (χ2v) is 7.35. The molecule has 5 nitrogen and oxygen atoms in total. The molecule has 0 unspecified atom stereocenters. The summed E-state index contributed by atoms with van der Waals surface area (Å²) in [5.41, 5.74) is -0.0877. The van der Waals surface area contributed by atoms with Crippen molar-refractivity contribution in [3.8, 4) is 0 Å². The van der Waals surface area contributed by atoms with Crippen molar-refractivity contribution < 1.29 is 17.6 Å². The summed E-state index contributed by atoms with van der Waals surface area (Å²) in [5, 5.41) is 0.285. The number of rotatable bonds is 2. The summed E-state index contributed by atoms with van der Waals surface area (Å²) in [4.78, 5) is 13.8. The molecule has 1 fully saturated rings. The van der Waals surface area contributed by atoms with Crippen LogP contribution in [-0.2, 0) is 10.0 Å². The molecule has 0 saturated carbocycles. The van der Waals surface area contributed by atoms with Crippen LogP contribution < -0.4 is 0 Å². The maximum absolute atomic E-state index is 13.7. The van der Waals surface area contributed by atoms with E-state index in [4.69, 9.17) is 11.6 Å². The Morgan fingerprint density at radius 2 is 1.95 bits per heavy atom. The summed E-state index contributed by atoms with van der Waals surface area (Å²) in [6, 6.07) is 3.82. The standard InChI is InChI=1S/C13H16ClFN2O3S/c1-21(19,20)17-6-2-5-16(7-8-17)13(18)11-9-10(14)3-4-12(11)15/h3-4,9H,2,5-8H2,1H3.